The molecule has 2 aromatic carbocycles. The molecule has 0 radical (unpaired) electrons. The molecule has 0 spiro atoms. The topological polar surface area (TPSA) is 75.7 Å². The SMILES string of the molecule is COc1cccc(CCCNC(=O)CCCN(c2ccccc2C)S(C)(=O)=O)c1. The predicted molar refractivity (Wildman–Crippen MR) is 117 cm³/mol. The van der Waals surface area contributed by atoms with E-state index in [0.717, 1.165) is 24.2 Å². The normalized spacial score (nSPS) is 11.1. The molecule has 1 N–H and O–H groups in total. The quantitative estimate of drug-likeness (QED) is 0.568. The Bertz CT molecular complexity index is 913. The lowest BCUT2D eigenvalue weighted by Gasteiger charge is -2.24. The van der Waals surface area contributed by atoms with Crippen LogP contribution in [-0.4, -0.2) is 40.8 Å². The number of aryl methyl sites for hydroxylation is 2. The number of nitrogens with one attached hydrogen (secondary N) is 1. The predicted octanol–water partition coefficient (Wildman–Crippen LogP) is 3.30. The molecular formula is C22H30N2O4S. The van der Waals surface area contributed by atoms with Crippen molar-refractivity contribution in [3.63, 3.8) is 0 Å². The van der Waals surface area contributed by atoms with E-state index in [0.29, 0.717) is 18.7 Å². The fraction of sp³-hybridized carbons (Fsp3) is 0.409. The minimum absolute atomic E-state index is 0.0612. The number of sulfonamides is 1. The van der Waals surface area contributed by atoms with Gasteiger partial charge in [-0.2, -0.15) is 0 Å². The molecule has 0 unspecified atom stereocenters. The number of hydrogen-bond acceptors (Lipinski definition) is 4. The van der Waals surface area contributed by atoms with Gasteiger partial charge in [-0.1, -0.05) is 30.3 Å². The molecule has 7 heteroatoms. The molecule has 0 aliphatic carbocycles. The molecule has 2 rings (SSSR count). The van der Waals surface area contributed by atoms with Gasteiger partial charge < -0.3 is 10.1 Å². The third-order valence-corrected chi connectivity index (χ3v) is 5.83. The number of carbonyl (C=O) groups is 1. The number of para-hydroxylation sites is 1. The van der Waals surface area contributed by atoms with E-state index in [-0.39, 0.29) is 18.9 Å². The highest BCUT2D eigenvalue weighted by Gasteiger charge is 2.18. The molecule has 0 atom stereocenters. The lowest BCUT2D eigenvalue weighted by molar-refractivity contribution is -0.121. The number of amides is 1. The Balaban J connectivity index is 1.75. The van der Waals surface area contributed by atoms with Crippen LogP contribution in [0.15, 0.2) is 48.5 Å². The van der Waals surface area contributed by atoms with Crippen LogP contribution < -0.4 is 14.4 Å². The van der Waals surface area contributed by atoms with Crippen LogP contribution in [0.25, 0.3) is 0 Å². The number of anilines is 1. The third-order valence-electron chi connectivity index (χ3n) is 4.65. The Morgan fingerprint density at radius 3 is 2.55 bits per heavy atom. The molecule has 0 aliphatic rings. The Labute approximate surface area is 173 Å². The second-order valence-electron chi connectivity index (χ2n) is 7.03. The van der Waals surface area contributed by atoms with Crippen molar-refractivity contribution >= 4 is 21.6 Å². The number of rotatable bonds is 11. The smallest absolute Gasteiger partial charge is 0.232 e. The van der Waals surface area contributed by atoms with Gasteiger partial charge >= 0.3 is 0 Å². The van der Waals surface area contributed by atoms with Crippen molar-refractivity contribution in [2.45, 2.75) is 32.6 Å². The molecule has 0 aromatic heterocycles. The van der Waals surface area contributed by atoms with Crippen LogP contribution in [0.4, 0.5) is 5.69 Å². The van der Waals surface area contributed by atoms with Gasteiger partial charge in [-0.25, -0.2) is 8.42 Å². The Morgan fingerprint density at radius 1 is 1.10 bits per heavy atom. The largest absolute Gasteiger partial charge is 0.497 e. The van der Waals surface area contributed by atoms with E-state index in [9.17, 15) is 13.2 Å². The molecule has 158 valence electrons. The van der Waals surface area contributed by atoms with Crippen LogP contribution >= 0.6 is 0 Å². The highest BCUT2D eigenvalue weighted by Crippen LogP contribution is 2.22. The summed E-state index contributed by atoms with van der Waals surface area (Å²) in [6.45, 7) is 2.74. The number of nitrogens with zero attached hydrogens (tertiary/aromatic N) is 1. The van der Waals surface area contributed by atoms with Gasteiger partial charge in [0.1, 0.15) is 5.75 Å². The van der Waals surface area contributed by atoms with Crippen LogP contribution in [0.3, 0.4) is 0 Å². The lowest BCUT2D eigenvalue weighted by Crippen LogP contribution is -2.32. The number of hydrogen-bond donors (Lipinski definition) is 1. The van der Waals surface area contributed by atoms with Crippen molar-refractivity contribution in [1.82, 2.24) is 5.32 Å². The van der Waals surface area contributed by atoms with Gasteiger partial charge in [-0.05, 0) is 55.5 Å². The fourth-order valence-corrected chi connectivity index (χ4v) is 4.15. The molecule has 0 bridgehead atoms. The van der Waals surface area contributed by atoms with Crippen LogP contribution in [0.2, 0.25) is 0 Å². The first-order valence-electron chi connectivity index (χ1n) is 9.74. The van der Waals surface area contributed by atoms with Crippen LogP contribution in [0.1, 0.15) is 30.4 Å². The number of ether oxygens (including phenoxy) is 1. The van der Waals surface area contributed by atoms with Crippen molar-refractivity contribution < 1.29 is 17.9 Å². The third kappa shape index (κ3) is 7.42. The Hall–Kier alpha value is -2.54. The van der Waals surface area contributed by atoms with Gasteiger partial charge in [-0.15, -0.1) is 0 Å². The van der Waals surface area contributed by atoms with Gasteiger partial charge in [-0.3, -0.25) is 9.10 Å². The first-order chi connectivity index (χ1) is 13.8. The van der Waals surface area contributed by atoms with Crippen molar-refractivity contribution in [3.05, 3.63) is 59.7 Å². The minimum atomic E-state index is -3.40. The molecule has 0 aliphatic heterocycles. The summed E-state index contributed by atoms with van der Waals surface area (Å²) in [4.78, 5) is 12.1. The van der Waals surface area contributed by atoms with Gasteiger partial charge in [0, 0.05) is 19.5 Å². The summed E-state index contributed by atoms with van der Waals surface area (Å²) in [6.07, 6.45) is 3.63. The minimum Gasteiger partial charge on any atom is -0.497 e. The second-order valence-corrected chi connectivity index (χ2v) is 8.94. The zero-order chi connectivity index (χ0) is 21.3. The first-order valence-corrected chi connectivity index (χ1v) is 11.6. The van der Waals surface area contributed by atoms with Crippen molar-refractivity contribution in [2.24, 2.45) is 0 Å². The molecule has 1 amide bonds. The molecular weight excluding hydrogens is 388 g/mol. The lowest BCUT2D eigenvalue weighted by atomic mass is 10.1. The summed E-state index contributed by atoms with van der Waals surface area (Å²) in [5.41, 5.74) is 2.72. The van der Waals surface area contributed by atoms with Gasteiger partial charge in [0.2, 0.25) is 15.9 Å². The van der Waals surface area contributed by atoms with Gasteiger partial charge in [0.05, 0.1) is 19.1 Å². The van der Waals surface area contributed by atoms with Crippen molar-refractivity contribution in [1.29, 1.82) is 0 Å². The highest BCUT2D eigenvalue weighted by molar-refractivity contribution is 7.92. The Morgan fingerprint density at radius 2 is 1.86 bits per heavy atom. The molecule has 6 nitrogen and oxygen atoms in total. The molecule has 0 fully saturated rings. The monoisotopic (exact) mass is 418 g/mol. The van der Waals surface area contributed by atoms with Crippen LogP contribution in [0, 0.1) is 6.92 Å². The van der Waals surface area contributed by atoms with E-state index in [1.165, 1.54) is 16.1 Å². The number of carbonyl (C=O) groups excluding carboxylic acids is 1. The van der Waals surface area contributed by atoms with Crippen LogP contribution in [-0.2, 0) is 21.2 Å². The molecule has 0 saturated heterocycles. The van der Waals surface area contributed by atoms with E-state index in [1.807, 2.05) is 49.4 Å². The van der Waals surface area contributed by atoms with E-state index in [4.69, 9.17) is 4.74 Å². The second kappa shape index (κ2) is 10.9. The zero-order valence-electron chi connectivity index (χ0n) is 17.3. The van der Waals surface area contributed by atoms with E-state index >= 15 is 0 Å². The van der Waals surface area contributed by atoms with Gasteiger partial charge in [0.25, 0.3) is 0 Å². The maximum atomic E-state index is 12.2. The maximum Gasteiger partial charge on any atom is 0.232 e. The summed E-state index contributed by atoms with van der Waals surface area (Å²) >= 11 is 0. The van der Waals surface area contributed by atoms with Crippen molar-refractivity contribution in [3.8, 4) is 5.75 Å². The van der Waals surface area contributed by atoms with E-state index < -0.39 is 10.0 Å². The number of methoxy groups -OCH3 is 1. The summed E-state index contributed by atoms with van der Waals surface area (Å²) in [5, 5.41) is 2.91. The summed E-state index contributed by atoms with van der Waals surface area (Å²) in [7, 11) is -1.76. The molecule has 29 heavy (non-hydrogen) atoms. The summed E-state index contributed by atoms with van der Waals surface area (Å²) in [5.74, 6) is 0.768. The van der Waals surface area contributed by atoms with Crippen LogP contribution in [0.5, 0.6) is 5.75 Å². The first kappa shape index (κ1) is 22.7. The molecule has 0 saturated carbocycles. The fourth-order valence-electron chi connectivity index (χ4n) is 3.13. The summed E-state index contributed by atoms with van der Waals surface area (Å²) in [6, 6.07) is 15.2. The molecule has 2 aromatic rings. The number of benzene rings is 2. The van der Waals surface area contributed by atoms with E-state index in [2.05, 4.69) is 5.32 Å². The summed E-state index contributed by atoms with van der Waals surface area (Å²) < 4.78 is 30.9. The van der Waals surface area contributed by atoms with Gasteiger partial charge in [0.15, 0.2) is 0 Å². The molecule has 0 heterocycles. The van der Waals surface area contributed by atoms with E-state index in [1.54, 1.807) is 13.2 Å². The average molecular weight is 419 g/mol. The van der Waals surface area contributed by atoms with Crippen molar-refractivity contribution in [2.75, 3.05) is 30.8 Å². The Kier molecular flexibility index (Phi) is 8.51. The average Bonchev–Trinajstić information content (AvgIpc) is 2.69. The zero-order valence-corrected chi connectivity index (χ0v) is 18.2. The maximum absolute atomic E-state index is 12.2. The highest BCUT2D eigenvalue weighted by atomic mass is 32.2. The standard InChI is InChI=1S/C22H30N2O4S/c1-18-9-4-5-13-21(18)24(29(3,26)27)16-8-14-22(25)23-15-7-11-19-10-6-12-20(17-19)28-2/h4-6,9-10,12-13,17H,7-8,11,14-16H2,1-3H3,(H,23,25).